The maximum atomic E-state index is 13.6. The highest BCUT2D eigenvalue weighted by Gasteiger charge is 2.12. The Balaban J connectivity index is 2.27. The zero-order valence-electron chi connectivity index (χ0n) is 10.1. The fourth-order valence-corrected chi connectivity index (χ4v) is 1.52. The molecule has 1 heterocycles. The Hall–Kier alpha value is -2.96. The summed E-state index contributed by atoms with van der Waals surface area (Å²) in [5, 5.41) is 11.5. The summed E-state index contributed by atoms with van der Waals surface area (Å²) in [6.45, 7) is 0. The van der Waals surface area contributed by atoms with Crippen molar-refractivity contribution in [2.24, 2.45) is 5.73 Å². The molecule has 4 N–H and O–H groups in total. The number of nitrogens with zero attached hydrogens (tertiary/aromatic N) is 1. The lowest BCUT2D eigenvalue weighted by Crippen LogP contribution is -2.15. The van der Waals surface area contributed by atoms with Crippen molar-refractivity contribution in [3.05, 3.63) is 53.6 Å². The molecule has 2 amide bonds. The number of aromatic hydroxyl groups is 1. The first-order valence-electron chi connectivity index (χ1n) is 5.52. The SMILES string of the molecule is NC(=O)c1ccc(F)c(NC(=O)c2cncc(O)c2)c1. The molecule has 1 aromatic heterocycles. The number of carbonyl (C=O) groups is 2. The zero-order chi connectivity index (χ0) is 14.7. The van der Waals surface area contributed by atoms with Gasteiger partial charge in [-0.25, -0.2) is 4.39 Å². The van der Waals surface area contributed by atoms with E-state index in [1.54, 1.807) is 0 Å². The van der Waals surface area contributed by atoms with Crippen molar-refractivity contribution in [2.75, 3.05) is 5.32 Å². The first kappa shape index (κ1) is 13.5. The van der Waals surface area contributed by atoms with Crippen molar-refractivity contribution in [1.82, 2.24) is 4.98 Å². The van der Waals surface area contributed by atoms with E-state index in [0.29, 0.717) is 0 Å². The fraction of sp³-hybridized carbons (Fsp3) is 0. The number of hydrogen-bond acceptors (Lipinski definition) is 4. The van der Waals surface area contributed by atoms with Gasteiger partial charge in [0.1, 0.15) is 11.6 Å². The molecule has 0 saturated heterocycles. The molecule has 6 nitrogen and oxygen atoms in total. The average molecular weight is 275 g/mol. The summed E-state index contributed by atoms with van der Waals surface area (Å²) in [5.41, 5.74) is 5.01. The number of halogens is 1. The largest absolute Gasteiger partial charge is 0.506 e. The van der Waals surface area contributed by atoms with Crippen LogP contribution in [0.3, 0.4) is 0 Å². The van der Waals surface area contributed by atoms with E-state index in [-0.39, 0.29) is 22.6 Å². The number of anilines is 1. The molecular formula is C13H10FN3O3. The van der Waals surface area contributed by atoms with Gasteiger partial charge in [0, 0.05) is 11.8 Å². The molecule has 0 spiro atoms. The number of pyridine rings is 1. The highest BCUT2D eigenvalue weighted by Crippen LogP contribution is 2.18. The Kier molecular flexibility index (Phi) is 3.60. The average Bonchev–Trinajstić information content (AvgIpc) is 2.41. The van der Waals surface area contributed by atoms with Crippen molar-refractivity contribution < 1.29 is 19.1 Å². The van der Waals surface area contributed by atoms with Gasteiger partial charge < -0.3 is 16.2 Å². The minimum Gasteiger partial charge on any atom is -0.506 e. The maximum Gasteiger partial charge on any atom is 0.257 e. The zero-order valence-corrected chi connectivity index (χ0v) is 10.1. The van der Waals surface area contributed by atoms with Gasteiger partial charge in [-0.05, 0) is 24.3 Å². The van der Waals surface area contributed by atoms with Gasteiger partial charge in [-0.15, -0.1) is 0 Å². The molecule has 0 saturated carbocycles. The van der Waals surface area contributed by atoms with Gasteiger partial charge in [0.2, 0.25) is 5.91 Å². The molecule has 0 aliphatic carbocycles. The van der Waals surface area contributed by atoms with E-state index in [2.05, 4.69) is 10.3 Å². The second kappa shape index (κ2) is 5.35. The Bertz CT molecular complexity index is 688. The summed E-state index contributed by atoms with van der Waals surface area (Å²) < 4.78 is 13.6. The number of nitrogens with two attached hydrogens (primary N) is 1. The van der Waals surface area contributed by atoms with Crippen LogP contribution in [0.15, 0.2) is 36.7 Å². The van der Waals surface area contributed by atoms with Gasteiger partial charge in [-0.1, -0.05) is 0 Å². The van der Waals surface area contributed by atoms with Crippen LogP contribution in [0.2, 0.25) is 0 Å². The van der Waals surface area contributed by atoms with Gasteiger partial charge in [0.25, 0.3) is 5.91 Å². The van der Waals surface area contributed by atoms with Crippen molar-refractivity contribution in [3.63, 3.8) is 0 Å². The van der Waals surface area contributed by atoms with Gasteiger partial charge in [0.15, 0.2) is 0 Å². The van der Waals surface area contributed by atoms with Crippen LogP contribution in [0, 0.1) is 5.82 Å². The molecule has 0 radical (unpaired) electrons. The monoisotopic (exact) mass is 275 g/mol. The van der Waals surface area contributed by atoms with Gasteiger partial charge in [-0.3, -0.25) is 14.6 Å². The molecule has 7 heteroatoms. The first-order chi connectivity index (χ1) is 9.47. The molecule has 1 aromatic carbocycles. The lowest BCUT2D eigenvalue weighted by molar-refractivity contribution is 0.0996. The van der Waals surface area contributed by atoms with Gasteiger partial charge in [0.05, 0.1) is 17.4 Å². The molecule has 0 atom stereocenters. The minimum atomic E-state index is -0.737. The van der Waals surface area contributed by atoms with E-state index in [0.717, 1.165) is 18.3 Å². The number of rotatable bonds is 3. The molecule has 0 aliphatic rings. The topological polar surface area (TPSA) is 105 Å². The summed E-state index contributed by atoms with van der Waals surface area (Å²) in [4.78, 5) is 26.5. The summed E-state index contributed by atoms with van der Waals surface area (Å²) in [6, 6.07) is 4.55. The third-order valence-electron chi connectivity index (χ3n) is 2.49. The summed E-state index contributed by atoms with van der Waals surface area (Å²) in [5.74, 6) is -2.31. The van der Waals surface area contributed by atoms with Crippen molar-refractivity contribution in [1.29, 1.82) is 0 Å². The molecule has 0 fully saturated rings. The number of nitrogens with one attached hydrogen (secondary N) is 1. The van der Waals surface area contributed by atoms with Crippen LogP contribution in [-0.4, -0.2) is 21.9 Å². The molecule has 102 valence electrons. The summed E-state index contributed by atoms with van der Waals surface area (Å²) in [6.07, 6.45) is 2.37. The second-order valence-corrected chi connectivity index (χ2v) is 3.94. The standard InChI is InChI=1S/C13H10FN3O3/c14-10-2-1-7(12(15)19)4-11(10)17-13(20)8-3-9(18)6-16-5-8/h1-6,18H,(H2,15,19)(H,17,20). The Morgan fingerprint density at radius 2 is 1.95 bits per heavy atom. The number of benzene rings is 1. The van der Waals surface area contributed by atoms with E-state index in [1.807, 2.05) is 0 Å². The number of carbonyl (C=O) groups excluding carboxylic acids is 2. The lowest BCUT2D eigenvalue weighted by atomic mass is 10.1. The smallest absolute Gasteiger partial charge is 0.257 e. The number of primary amides is 1. The van der Waals surface area contributed by atoms with E-state index in [4.69, 9.17) is 5.73 Å². The normalized spacial score (nSPS) is 10.1. The van der Waals surface area contributed by atoms with Crippen LogP contribution in [0.25, 0.3) is 0 Å². The van der Waals surface area contributed by atoms with Crippen LogP contribution >= 0.6 is 0 Å². The third-order valence-corrected chi connectivity index (χ3v) is 2.49. The quantitative estimate of drug-likeness (QED) is 0.784. The van der Waals surface area contributed by atoms with E-state index >= 15 is 0 Å². The van der Waals surface area contributed by atoms with E-state index < -0.39 is 17.6 Å². The van der Waals surface area contributed by atoms with Gasteiger partial charge in [-0.2, -0.15) is 0 Å². The van der Waals surface area contributed by atoms with Crippen molar-refractivity contribution >= 4 is 17.5 Å². The lowest BCUT2D eigenvalue weighted by Gasteiger charge is -2.07. The van der Waals surface area contributed by atoms with Crippen LogP contribution in [0.4, 0.5) is 10.1 Å². The molecule has 2 aromatic rings. The molecule has 0 aliphatic heterocycles. The molecule has 0 unspecified atom stereocenters. The molecule has 0 bridgehead atoms. The summed E-state index contributed by atoms with van der Waals surface area (Å²) in [7, 11) is 0. The highest BCUT2D eigenvalue weighted by molar-refractivity contribution is 6.05. The number of amides is 2. The van der Waals surface area contributed by atoms with E-state index in [1.165, 1.54) is 18.3 Å². The van der Waals surface area contributed by atoms with Crippen LogP contribution < -0.4 is 11.1 Å². The van der Waals surface area contributed by atoms with Crippen molar-refractivity contribution in [2.45, 2.75) is 0 Å². The first-order valence-corrected chi connectivity index (χ1v) is 5.52. The number of hydrogen-bond donors (Lipinski definition) is 3. The van der Waals surface area contributed by atoms with Crippen molar-refractivity contribution in [3.8, 4) is 5.75 Å². The highest BCUT2D eigenvalue weighted by atomic mass is 19.1. The Labute approximate surface area is 113 Å². The van der Waals surface area contributed by atoms with Crippen LogP contribution in [0.1, 0.15) is 20.7 Å². The Morgan fingerprint density at radius 1 is 1.20 bits per heavy atom. The molecule has 2 rings (SSSR count). The molecule has 20 heavy (non-hydrogen) atoms. The van der Waals surface area contributed by atoms with E-state index in [9.17, 15) is 19.1 Å². The third kappa shape index (κ3) is 2.89. The second-order valence-electron chi connectivity index (χ2n) is 3.94. The number of aromatic nitrogens is 1. The maximum absolute atomic E-state index is 13.6. The predicted molar refractivity (Wildman–Crippen MR) is 68.8 cm³/mol. The molecular weight excluding hydrogens is 265 g/mol. The van der Waals surface area contributed by atoms with Crippen LogP contribution in [0.5, 0.6) is 5.75 Å². The summed E-state index contributed by atoms with van der Waals surface area (Å²) >= 11 is 0. The minimum absolute atomic E-state index is 0.0499. The van der Waals surface area contributed by atoms with Crippen LogP contribution in [-0.2, 0) is 0 Å². The van der Waals surface area contributed by atoms with Gasteiger partial charge >= 0.3 is 0 Å². The Morgan fingerprint density at radius 3 is 2.60 bits per heavy atom. The predicted octanol–water partition coefficient (Wildman–Crippen LogP) is 1.28. The fourth-order valence-electron chi connectivity index (χ4n) is 1.52.